The first-order chi connectivity index (χ1) is 6.91. The number of non-ortho nitro benzene ring substituents is 1. The zero-order valence-corrected chi connectivity index (χ0v) is 8.43. The molecule has 1 N–H and O–H groups in total. The number of benzene rings is 1. The van der Waals surface area contributed by atoms with Crippen molar-refractivity contribution in [2.45, 2.75) is 19.8 Å². The van der Waals surface area contributed by atoms with E-state index in [-0.39, 0.29) is 5.69 Å². The lowest BCUT2D eigenvalue weighted by Gasteiger charge is -2.07. The summed E-state index contributed by atoms with van der Waals surface area (Å²) < 4.78 is 0. The number of nitrogens with zero attached hydrogens (tertiary/aromatic N) is 1. The zero-order chi connectivity index (χ0) is 11.6. The second-order valence-corrected chi connectivity index (χ2v) is 3.42. The summed E-state index contributed by atoms with van der Waals surface area (Å²) in [7, 11) is 0. The van der Waals surface area contributed by atoms with E-state index in [1.54, 1.807) is 13.0 Å². The summed E-state index contributed by atoms with van der Waals surface area (Å²) >= 11 is 0. The normalized spacial score (nSPS) is 12.1. The second kappa shape index (κ2) is 4.08. The Morgan fingerprint density at radius 3 is 2.53 bits per heavy atom. The fraction of sp³-hybridized carbons (Fsp3) is 0.300. The maximum Gasteiger partial charge on any atom is 0.310 e. The van der Waals surface area contributed by atoms with E-state index >= 15 is 0 Å². The van der Waals surface area contributed by atoms with Crippen molar-refractivity contribution in [3.8, 4) is 0 Å². The number of nitro groups is 1. The summed E-state index contributed by atoms with van der Waals surface area (Å²) in [5, 5.41) is 19.3. The van der Waals surface area contributed by atoms with E-state index < -0.39 is 16.8 Å². The number of rotatable bonds is 3. The van der Waals surface area contributed by atoms with Crippen LogP contribution in [0.4, 0.5) is 5.69 Å². The lowest BCUT2D eigenvalue weighted by Crippen LogP contribution is -2.08. The van der Waals surface area contributed by atoms with Gasteiger partial charge in [-0.25, -0.2) is 0 Å². The highest BCUT2D eigenvalue weighted by Crippen LogP contribution is 2.23. The molecule has 0 radical (unpaired) electrons. The molecule has 0 aromatic heterocycles. The molecule has 5 heteroatoms. The van der Waals surface area contributed by atoms with E-state index in [1.165, 1.54) is 19.1 Å². The van der Waals surface area contributed by atoms with Crippen LogP contribution in [0.15, 0.2) is 18.2 Å². The highest BCUT2D eigenvalue weighted by molar-refractivity contribution is 5.76. The van der Waals surface area contributed by atoms with E-state index in [4.69, 9.17) is 5.11 Å². The van der Waals surface area contributed by atoms with Gasteiger partial charge in [-0.05, 0) is 25.0 Å². The van der Waals surface area contributed by atoms with Crippen LogP contribution < -0.4 is 0 Å². The number of hydrogen-bond donors (Lipinski definition) is 1. The third-order valence-electron chi connectivity index (χ3n) is 2.17. The Hall–Kier alpha value is -1.91. The fourth-order valence-electron chi connectivity index (χ4n) is 1.29. The minimum atomic E-state index is -0.991. The van der Waals surface area contributed by atoms with Gasteiger partial charge in [-0.3, -0.25) is 14.9 Å². The van der Waals surface area contributed by atoms with Crippen molar-refractivity contribution in [1.29, 1.82) is 0 Å². The Kier molecular flexibility index (Phi) is 3.04. The molecule has 0 amide bonds. The van der Waals surface area contributed by atoms with Crippen LogP contribution in [0.2, 0.25) is 0 Å². The Morgan fingerprint density at radius 1 is 1.47 bits per heavy atom. The van der Waals surface area contributed by atoms with Crippen molar-refractivity contribution < 1.29 is 14.8 Å². The lowest BCUT2D eigenvalue weighted by molar-refractivity contribution is -0.385. The van der Waals surface area contributed by atoms with Crippen LogP contribution in [0.1, 0.15) is 24.0 Å². The first-order valence-electron chi connectivity index (χ1n) is 4.40. The van der Waals surface area contributed by atoms with Gasteiger partial charge >= 0.3 is 5.97 Å². The first kappa shape index (κ1) is 11.2. The molecule has 0 heterocycles. The molecule has 0 aliphatic heterocycles. The molecule has 0 saturated heterocycles. The van der Waals surface area contributed by atoms with E-state index in [1.807, 2.05) is 0 Å². The summed E-state index contributed by atoms with van der Waals surface area (Å²) in [6.07, 6.45) is 0. The largest absolute Gasteiger partial charge is 0.481 e. The predicted molar refractivity (Wildman–Crippen MR) is 53.9 cm³/mol. The minimum absolute atomic E-state index is 0.0712. The molecule has 0 spiro atoms. The molecule has 0 aliphatic carbocycles. The molecular weight excluding hydrogens is 198 g/mol. The number of hydrogen-bond acceptors (Lipinski definition) is 3. The first-order valence-corrected chi connectivity index (χ1v) is 4.40. The van der Waals surface area contributed by atoms with Crippen LogP contribution in [0.25, 0.3) is 0 Å². The number of aryl methyl sites for hydroxylation is 1. The predicted octanol–water partition coefficient (Wildman–Crippen LogP) is 2.09. The number of carbonyl (C=O) groups is 1. The molecule has 15 heavy (non-hydrogen) atoms. The fourth-order valence-corrected chi connectivity index (χ4v) is 1.29. The van der Waals surface area contributed by atoms with Gasteiger partial charge in [0.05, 0.1) is 10.8 Å². The van der Waals surface area contributed by atoms with Gasteiger partial charge in [0, 0.05) is 12.1 Å². The maximum absolute atomic E-state index is 10.7. The van der Waals surface area contributed by atoms with E-state index in [2.05, 4.69) is 0 Å². The zero-order valence-electron chi connectivity index (χ0n) is 8.43. The summed E-state index contributed by atoms with van der Waals surface area (Å²) in [6.45, 7) is 3.20. The molecule has 5 nitrogen and oxygen atoms in total. The molecule has 1 rings (SSSR count). The third kappa shape index (κ3) is 2.52. The molecule has 1 aromatic rings. The van der Waals surface area contributed by atoms with E-state index in [0.717, 1.165) is 0 Å². The van der Waals surface area contributed by atoms with Gasteiger partial charge < -0.3 is 5.11 Å². The molecule has 1 aromatic carbocycles. The minimum Gasteiger partial charge on any atom is -0.481 e. The number of aliphatic carboxylic acids is 1. The van der Waals surface area contributed by atoms with E-state index in [0.29, 0.717) is 11.1 Å². The van der Waals surface area contributed by atoms with Crippen molar-refractivity contribution >= 4 is 11.7 Å². The SMILES string of the molecule is Cc1cc(C(C)C(=O)O)cc([N+](=O)[O-])c1. The number of nitro benzene ring substituents is 1. The van der Waals surface area contributed by atoms with Gasteiger partial charge in [0.15, 0.2) is 0 Å². The average molecular weight is 209 g/mol. The lowest BCUT2D eigenvalue weighted by atomic mass is 9.99. The molecule has 80 valence electrons. The van der Waals surface area contributed by atoms with Crippen LogP contribution in [-0.4, -0.2) is 16.0 Å². The molecule has 1 atom stereocenters. The van der Waals surface area contributed by atoms with Gasteiger partial charge in [-0.15, -0.1) is 0 Å². The number of carboxylic acids is 1. The Labute approximate surface area is 86.5 Å². The molecule has 0 aliphatic rings. The topological polar surface area (TPSA) is 80.4 Å². The van der Waals surface area contributed by atoms with Crippen molar-refractivity contribution in [2.75, 3.05) is 0 Å². The molecule has 0 saturated carbocycles. The molecular formula is C10H11NO4. The van der Waals surface area contributed by atoms with Gasteiger partial charge in [-0.2, -0.15) is 0 Å². The summed E-state index contributed by atoms with van der Waals surface area (Å²) in [4.78, 5) is 20.8. The van der Waals surface area contributed by atoms with Crippen LogP contribution >= 0.6 is 0 Å². The average Bonchev–Trinajstić information content (AvgIpc) is 2.15. The summed E-state index contributed by atoms with van der Waals surface area (Å²) in [5.74, 6) is -1.72. The van der Waals surface area contributed by atoms with Gasteiger partial charge in [-0.1, -0.05) is 6.07 Å². The standard InChI is InChI=1S/C10H11NO4/c1-6-3-8(7(2)10(12)13)5-9(4-6)11(14)15/h3-5,7H,1-2H3,(H,12,13). The Morgan fingerprint density at radius 2 is 2.07 bits per heavy atom. The van der Waals surface area contributed by atoms with Crippen molar-refractivity contribution in [1.82, 2.24) is 0 Å². The smallest absolute Gasteiger partial charge is 0.310 e. The van der Waals surface area contributed by atoms with Crippen molar-refractivity contribution in [3.05, 3.63) is 39.4 Å². The third-order valence-corrected chi connectivity index (χ3v) is 2.17. The molecule has 0 fully saturated rings. The second-order valence-electron chi connectivity index (χ2n) is 3.42. The van der Waals surface area contributed by atoms with E-state index in [9.17, 15) is 14.9 Å². The van der Waals surface area contributed by atoms with Crippen molar-refractivity contribution in [3.63, 3.8) is 0 Å². The van der Waals surface area contributed by atoms with Crippen LogP contribution in [0, 0.1) is 17.0 Å². The monoisotopic (exact) mass is 209 g/mol. The van der Waals surface area contributed by atoms with Crippen LogP contribution in [0.3, 0.4) is 0 Å². The summed E-state index contributed by atoms with van der Waals surface area (Å²) in [6, 6.07) is 4.36. The van der Waals surface area contributed by atoms with Crippen molar-refractivity contribution in [2.24, 2.45) is 0 Å². The quantitative estimate of drug-likeness (QED) is 0.610. The maximum atomic E-state index is 10.7. The molecule has 0 bridgehead atoms. The summed E-state index contributed by atoms with van der Waals surface area (Å²) in [5.41, 5.74) is 1.07. The van der Waals surface area contributed by atoms with Gasteiger partial charge in [0.2, 0.25) is 0 Å². The Bertz CT molecular complexity index is 414. The Balaban J connectivity index is 3.20. The highest BCUT2D eigenvalue weighted by Gasteiger charge is 2.17. The van der Waals surface area contributed by atoms with Crippen LogP contribution in [-0.2, 0) is 4.79 Å². The van der Waals surface area contributed by atoms with Gasteiger partial charge in [0.25, 0.3) is 5.69 Å². The van der Waals surface area contributed by atoms with Gasteiger partial charge in [0.1, 0.15) is 0 Å². The number of carboxylic acid groups (broad SMARTS) is 1. The molecule has 1 unspecified atom stereocenters. The van der Waals surface area contributed by atoms with Crippen LogP contribution in [0.5, 0.6) is 0 Å². The highest BCUT2D eigenvalue weighted by atomic mass is 16.6.